The van der Waals surface area contributed by atoms with E-state index in [1.807, 2.05) is 4.98 Å². The van der Waals surface area contributed by atoms with Crippen molar-refractivity contribution in [1.82, 2.24) is 14.9 Å². The summed E-state index contributed by atoms with van der Waals surface area (Å²) in [5.41, 5.74) is -1.68. The van der Waals surface area contributed by atoms with E-state index in [4.69, 9.17) is 18.5 Å². The summed E-state index contributed by atoms with van der Waals surface area (Å²) < 4.78 is 38.1. The van der Waals surface area contributed by atoms with Gasteiger partial charge in [-0.1, -0.05) is 0 Å². The molecule has 0 bridgehead atoms. The molecule has 3 heterocycles. The summed E-state index contributed by atoms with van der Waals surface area (Å²) >= 11 is 4.68. The predicted molar refractivity (Wildman–Crippen MR) is 127 cm³/mol. The van der Waals surface area contributed by atoms with Gasteiger partial charge in [0.05, 0.1) is 13.2 Å². The van der Waals surface area contributed by atoms with E-state index in [-0.39, 0.29) is 0 Å². The Morgan fingerprint density at radius 3 is 2.36 bits per heavy atom. The lowest BCUT2D eigenvalue weighted by atomic mass is 9.97. The van der Waals surface area contributed by atoms with Crippen LogP contribution in [-0.2, 0) is 44.0 Å². The number of hydrogen-bond donors (Lipinski definition) is 9. The molecule has 2 unspecified atom stereocenters. The highest BCUT2D eigenvalue weighted by atomic mass is 32.5. The van der Waals surface area contributed by atoms with Crippen molar-refractivity contribution in [2.75, 3.05) is 13.2 Å². The smallest absolute Gasteiger partial charge is 0.394 e. The maximum atomic E-state index is 12.6. The fourth-order valence-corrected chi connectivity index (χ4v) is 6.86. The minimum Gasteiger partial charge on any atom is -0.394 e. The van der Waals surface area contributed by atoms with Crippen molar-refractivity contribution >= 4 is 32.3 Å². The molecule has 222 valence electrons. The number of aliphatic hydroxyl groups is 5. The van der Waals surface area contributed by atoms with E-state index in [0.29, 0.717) is 0 Å². The molecule has 1 aromatic heterocycles. The van der Waals surface area contributed by atoms with Crippen LogP contribution < -0.4 is 16.6 Å². The van der Waals surface area contributed by atoms with E-state index in [1.54, 1.807) is 0 Å². The highest BCUT2D eigenvalue weighted by Crippen LogP contribution is 2.61. The van der Waals surface area contributed by atoms with E-state index >= 15 is 0 Å². The number of amides is 1. The van der Waals surface area contributed by atoms with Gasteiger partial charge in [0.15, 0.2) is 12.5 Å². The van der Waals surface area contributed by atoms with Crippen LogP contribution in [0, 0.1) is 0 Å². The molecule has 22 heteroatoms. The third-order valence-corrected chi connectivity index (χ3v) is 9.08. The molecule has 0 radical (unpaired) electrons. The molecular formula is C17H27N3O16P2S. The standard InChI is InChI=1S/C17H27N3O16P2S/c1-6(22)18-10-13(26)11(24)7(4-21)34-16(10)35-37(29,30)36-38(31,39)32-5-8-12(25)14(27)15(33-8)20-3-2-9(23)19-17(20)28/h2-3,7-8,10-16,21,24-27H,4-5H2,1H3,(H,18,22)(H,29,30)(H,31,39)(H,19,23,28)/t7-,8-,10-,11-,12-,13-,14-,15-,16-,38?/m1/s1. The van der Waals surface area contributed by atoms with Gasteiger partial charge in [-0.3, -0.25) is 23.7 Å². The third-order valence-electron chi connectivity index (χ3n) is 5.56. The first kappa shape index (κ1) is 32.1. The Morgan fingerprint density at radius 1 is 1.13 bits per heavy atom. The summed E-state index contributed by atoms with van der Waals surface area (Å²) in [7, 11) is -5.42. The highest BCUT2D eigenvalue weighted by molar-refractivity contribution is 8.08. The summed E-state index contributed by atoms with van der Waals surface area (Å²) in [6.07, 6.45) is -12.4. The predicted octanol–water partition coefficient (Wildman–Crippen LogP) is -4.53. The van der Waals surface area contributed by atoms with Gasteiger partial charge in [-0.2, -0.15) is 0 Å². The van der Waals surface area contributed by atoms with Gasteiger partial charge >= 0.3 is 20.2 Å². The SMILES string of the molecule is CC(=O)N[C@H]1[C@@H](OP(=O)(O)OP(O)(=S)OC[C@H]2O[C@@H](n3ccc(=O)[nH]c3=O)[C@H](O)[C@@H]2O)O[C@H](CO)[C@@H](O)[C@@H]1O. The first-order valence-electron chi connectivity index (χ1n) is 11.0. The molecule has 19 nitrogen and oxygen atoms in total. The van der Waals surface area contributed by atoms with Crippen LogP contribution >= 0.6 is 14.5 Å². The first-order chi connectivity index (χ1) is 18.0. The zero-order valence-electron chi connectivity index (χ0n) is 19.8. The van der Waals surface area contributed by atoms with Crippen molar-refractivity contribution in [2.24, 2.45) is 0 Å². The summed E-state index contributed by atoms with van der Waals surface area (Å²) in [5, 5.41) is 52.2. The molecule has 2 aliphatic heterocycles. The van der Waals surface area contributed by atoms with E-state index in [9.17, 15) is 54.3 Å². The molecular weight excluding hydrogens is 596 g/mol. The quantitative estimate of drug-likeness (QED) is 0.111. The molecule has 2 fully saturated rings. The number of aliphatic hydroxyl groups excluding tert-OH is 5. The maximum Gasteiger partial charge on any atom is 0.481 e. The zero-order valence-corrected chi connectivity index (χ0v) is 22.4. The van der Waals surface area contributed by atoms with Gasteiger partial charge in [0.2, 0.25) is 5.91 Å². The molecule has 2 aliphatic rings. The van der Waals surface area contributed by atoms with Crippen molar-refractivity contribution in [1.29, 1.82) is 0 Å². The first-order valence-corrected chi connectivity index (χ1v) is 15.1. The molecule has 11 atom stereocenters. The van der Waals surface area contributed by atoms with E-state index in [1.165, 1.54) is 0 Å². The summed E-state index contributed by atoms with van der Waals surface area (Å²) in [4.78, 5) is 57.0. The number of phosphoric ester groups is 1. The number of phosphoric acid groups is 1. The minimum atomic E-state index is -5.42. The number of nitrogens with zero attached hydrogens (tertiary/aromatic N) is 1. The number of hydrogen-bond acceptors (Lipinski definition) is 15. The van der Waals surface area contributed by atoms with Crippen molar-refractivity contribution in [3.8, 4) is 0 Å². The minimum absolute atomic E-state index is 0.725. The topological polar surface area (TPSA) is 289 Å². The number of H-pyrrole nitrogens is 1. The number of aromatic amines is 1. The van der Waals surface area contributed by atoms with Crippen LogP contribution in [0.4, 0.5) is 0 Å². The Kier molecular flexibility index (Phi) is 10.4. The third kappa shape index (κ3) is 7.85. The fourth-order valence-electron chi connectivity index (χ4n) is 3.76. The van der Waals surface area contributed by atoms with Crippen molar-refractivity contribution in [2.45, 2.75) is 62.1 Å². The van der Waals surface area contributed by atoms with Crippen molar-refractivity contribution < 1.29 is 67.5 Å². The highest BCUT2D eigenvalue weighted by Gasteiger charge is 2.49. The van der Waals surface area contributed by atoms with Gasteiger partial charge in [0, 0.05) is 19.2 Å². The number of rotatable bonds is 10. The molecule has 3 rings (SSSR count). The Hall–Kier alpha value is -1.45. The molecule has 0 saturated carbocycles. The number of nitrogens with one attached hydrogen (secondary N) is 2. The largest absolute Gasteiger partial charge is 0.481 e. The normalized spacial score (nSPS) is 36.2. The number of aromatic nitrogens is 2. The van der Waals surface area contributed by atoms with E-state index in [0.717, 1.165) is 23.8 Å². The molecule has 1 amide bonds. The molecule has 39 heavy (non-hydrogen) atoms. The zero-order chi connectivity index (χ0) is 29.3. The van der Waals surface area contributed by atoms with Crippen LogP contribution in [0.2, 0.25) is 0 Å². The van der Waals surface area contributed by atoms with Crippen molar-refractivity contribution in [3.63, 3.8) is 0 Å². The van der Waals surface area contributed by atoms with E-state index < -0.39 is 100 Å². The number of ether oxygens (including phenoxy) is 2. The second-order valence-electron chi connectivity index (χ2n) is 8.42. The Balaban J connectivity index is 1.66. The van der Waals surface area contributed by atoms with Gasteiger partial charge in [-0.05, 0) is 11.8 Å². The van der Waals surface area contributed by atoms with E-state index in [2.05, 4.69) is 21.4 Å². The molecule has 0 spiro atoms. The maximum absolute atomic E-state index is 12.6. The lowest BCUT2D eigenvalue weighted by molar-refractivity contribution is -0.247. The lowest BCUT2D eigenvalue weighted by Gasteiger charge is -2.42. The van der Waals surface area contributed by atoms with Crippen LogP contribution in [0.15, 0.2) is 21.9 Å². The Bertz CT molecular complexity index is 1240. The second kappa shape index (κ2) is 12.6. The Morgan fingerprint density at radius 2 is 1.77 bits per heavy atom. The van der Waals surface area contributed by atoms with Crippen LogP contribution in [0.1, 0.15) is 13.2 Å². The van der Waals surface area contributed by atoms with Crippen LogP contribution in [-0.4, -0.2) is 113 Å². The summed E-state index contributed by atoms with van der Waals surface area (Å²) in [6.45, 7) is -5.34. The van der Waals surface area contributed by atoms with Gasteiger partial charge < -0.3 is 54.6 Å². The van der Waals surface area contributed by atoms with Gasteiger partial charge in [0.25, 0.3) is 5.56 Å². The van der Waals surface area contributed by atoms with Crippen molar-refractivity contribution in [3.05, 3.63) is 33.1 Å². The van der Waals surface area contributed by atoms with Gasteiger partial charge in [-0.15, -0.1) is 0 Å². The Labute approximate surface area is 223 Å². The molecule has 0 aromatic carbocycles. The van der Waals surface area contributed by atoms with Crippen LogP contribution in [0.3, 0.4) is 0 Å². The van der Waals surface area contributed by atoms with Gasteiger partial charge in [0.1, 0.15) is 42.7 Å². The average Bonchev–Trinajstić information content (AvgIpc) is 3.10. The number of carbonyl (C=O) groups is 1. The average molecular weight is 623 g/mol. The summed E-state index contributed by atoms with van der Waals surface area (Å²) in [6, 6.07) is -0.665. The fraction of sp³-hybridized carbons (Fsp3) is 0.706. The molecule has 9 N–H and O–H groups in total. The monoisotopic (exact) mass is 623 g/mol. The molecule has 0 aliphatic carbocycles. The van der Waals surface area contributed by atoms with Gasteiger partial charge in [-0.25, -0.2) is 13.7 Å². The number of carbonyl (C=O) groups excluding carboxylic acids is 1. The second-order valence-corrected chi connectivity index (χ2v) is 12.8. The van der Waals surface area contributed by atoms with Crippen LogP contribution in [0.25, 0.3) is 0 Å². The van der Waals surface area contributed by atoms with Crippen LogP contribution in [0.5, 0.6) is 0 Å². The summed E-state index contributed by atoms with van der Waals surface area (Å²) in [5.74, 6) is -0.755. The molecule has 1 aromatic rings. The molecule has 2 saturated heterocycles. The lowest BCUT2D eigenvalue weighted by Crippen LogP contribution is -2.64.